The average Bonchev–Trinajstić information content (AvgIpc) is 2.64. The number of aryl methyl sites for hydroxylation is 3. The first-order valence-corrected chi connectivity index (χ1v) is 9.78. The largest absolute Gasteiger partial charge is 0.369 e. The van der Waals surface area contributed by atoms with Gasteiger partial charge in [0.2, 0.25) is 5.91 Å². The molecule has 28 heavy (non-hydrogen) atoms. The smallest absolute Gasteiger partial charge is 0.348 e. The molecule has 0 radical (unpaired) electrons. The number of nitrogens with zero attached hydrogens (tertiary/aromatic N) is 4. The van der Waals surface area contributed by atoms with Gasteiger partial charge in [0.25, 0.3) is 0 Å². The number of benzene rings is 1. The first kappa shape index (κ1) is 20.1. The minimum atomic E-state index is -0.265. The van der Waals surface area contributed by atoms with Gasteiger partial charge in [-0.3, -0.25) is 14.3 Å². The number of anilines is 1. The summed E-state index contributed by atoms with van der Waals surface area (Å²) in [6.45, 7) is 10.6. The highest BCUT2D eigenvalue weighted by Crippen LogP contribution is 2.17. The van der Waals surface area contributed by atoms with Crippen molar-refractivity contribution in [2.24, 2.45) is 0 Å². The van der Waals surface area contributed by atoms with Crippen molar-refractivity contribution in [2.45, 2.75) is 27.3 Å². The van der Waals surface area contributed by atoms with Gasteiger partial charge in [0, 0.05) is 56.3 Å². The molecule has 0 saturated carbocycles. The second-order valence-corrected chi connectivity index (χ2v) is 7.43. The van der Waals surface area contributed by atoms with E-state index in [1.54, 1.807) is 11.5 Å². The monoisotopic (exact) mass is 383 g/mol. The lowest BCUT2D eigenvalue weighted by atomic mass is 10.2. The van der Waals surface area contributed by atoms with Gasteiger partial charge in [-0.1, -0.05) is 12.1 Å². The Morgan fingerprint density at radius 3 is 2.54 bits per heavy atom. The SMILES string of the molecule is Cc1cccc(N2CCN(CC(=O)NCCn3c(C)cc(C)nc3=O)CC2)c1. The van der Waals surface area contributed by atoms with Crippen LogP contribution in [0.5, 0.6) is 0 Å². The molecular weight excluding hydrogens is 354 g/mol. The van der Waals surface area contributed by atoms with E-state index >= 15 is 0 Å². The molecule has 0 atom stereocenters. The number of aromatic nitrogens is 2. The molecular formula is C21H29N5O2. The van der Waals surface area contributed by atoms with Gasteiger partial charge in [0.05, 0.1) is 6.54 Å². The van der Waals surface area contributed by atoms with E-state index in [0.29, 0.717) is 25.3 Å². The van der Waals surface area contributed by atoms with Crippen molar-refractivity contribution in [2.75, 3.05) is 44.2 Å². The fourth-order valence-corrected chi connectivity index (χ4v) is 3.60. The summed E-state index contributed by atoms with van der Waals surface area (Å²) >= 11 is 0. The Balaban J connectivity index is 1.42. The Kier molecular flexibility index (Phi) is 6.46. The highest BCUT2D eigenvalue weighted by molar-refractivity contribution is 5.78. The normalized spacial score (nSPS) is 14.9. The van der Waals surface area contributed by atoms with Crippen LogP contribution in [0, 0.1) is 20.8 Å². The number of hydrogen-bond acceptors (Lipinski definition) is 5. The Hall–Kier alpha value is -2.67. The van der Waals surface area contributed by atoms with Crippen molar-refractivity contribution in [1.82, 2.24) is 19.8 Å². The molecule has 1 aromatic heterocycles. The molecule has 1 aliphatic heterocycles. The third kappa shape index (κ3) is 5.19. The van der Waals surface area contributed by atoms with Gasteiger partial charge >= 0.3 is 5.69 Å². The minimum Gasteiger partial charge on any atom is -0.369 e. The van der Waals surface area contributed by atoms with Crippen LogP contribution in [0.25, 0.3) is 0 Å². The van der Waals surface area contributed by atoms with Crippen molar-refractivity contribution < 1.29 is 4.79 Å². The summed E-state index contributed by atoms with van der Waals surface area (Å²) in [6, 6.07) is 10.4. The van der Waals surface area contributed by atoms with Gasteiger partial charge in [0.1, 0.15) is 0 Å². The molecule has 1 fully saturated rings. The second-order valence-electron chi connectivity index (χ2n) is 7.43. The Labute approximate surface area is 166 Å². The third-order valence-electron chi connectivity index (χ3n) is 5.11. The van der Waals surface area contributed by atoms with Crippen LogP contribution in [-0.4, -0.2) is 59.6 Å². The standard InChI is InChI=1S/C21H29N5O2/c1-16-5-4-6-19(13-16)25-11-9-24(10-12-25)15-20(27)22-7-8-26-18(3)14-17(2)23-21(26)28/h4-6,13-14H,7-12,15H2,1-3H3,(H,22,27). The zero-order valence-corrected chi connectivity index (χ0v) is 16.9. The molecule has 7 nitrogen and oxygen atoms in total. The van der Waals surface area contributed by atoms with Gasteiger partial charge in [-0.05, 0) is 44.5 Å². The number of nitrogens with one attached hydrogen (secondary N) is 1. The molecule has 2 heterocycles. The molecule has 150 valence electrons. The predicted octanol–water partition coefficient (Wildman–Crippen LogP) is 1.11. The lowest BCUT2D eigenvalue weighted by Crippen LogP contribution is -2.49. The van der Waals surface area contributed by atoms with E-state index in [4.69, 9.17) is 0 Å². The van der Waals surface area contributed by atoms with Crippen LogP contribution < -0.4 is 15.9 Å². The van der Waals surface area contributed by atoms with Gasteiger partial charge in [-0.25, -0.2) is 4.79 Å². The van der Waals surface area contributed by atoms with Crippen LogP contribution in [0.3, 0.4) is 0 Å². The molecule has 1 aliphatic rings. The molecule has 0 bridgehead atoms. The lowest BCUT2D eigenvalue weighted by molar-refractivity contribution is -0.122. The molecule has 1 aromatic carbocycles. The number of piperazine rings is 1. The Morgan fingerprint density at radius 2 is 1.86 bits per heavy atom. The summed E-state index contributed by atoms with van der Waals surface area (Å²) in [5.41, 5.74) is 3.82. The van der Waals surface area contributed by atoms with Crippen molar-refractivity contribution in [3.63, 3.8) is 0 Å². The highest BCUT2D eigenvalue weighted by atomic mass is 16.2. The van der Waals surface area contributed by atoms with E-state index in [-0.39, 0.29) is 11.6 Å². The molecule has 1 saturated heterocycles. The molecule has 0 spiro atoms. The molecule has 1 amide bonds. The summed E-state index contributed by atoms with van der Waals surface area (Å²) in [5, 5.41) is 2.92. The number of amides is 1. The van der Waals surface area contributed by atoms with Gasteiger partial charge in [-0.2, -0.15) is 4.98 Å². The summed E-state index contributed by atoms with van der Waals surface area (Å²) in [7, 11) is 0. The van der Waals surface area contributed by atoms with E-state index < -0.39 is 0 Å². The van der Waals surface area contributed by atoms with Gasteiger partial charge < -0.3 is 10.2 Å². The lowest BCUT2D eigenvalue weighted by Gasteiger charge is -2.35. The van der Waals surface area contributed by atoms with Crippen LogP contribution in [0.15, 0.2) is 35.1 Å². The highest BCUT2D eigenvalue weighted by Gasteiger charge is 2.19. The summed E-state index contributed by atoms with van der Waals surface area (Å²) in [4.78, 5) is 32.7. The summed E-state index contributed by atoms with van der Waals surface area (Å²) in [6.07, 6.45) is 0. The van der Waals surface area contributed by atoms with E-state index in [9.17, 15) is 9.59 Å². The third-order valence-corrected chi connectivity index (χ3v) is 5.11. The Morgan fingerprint density at radius 1 is 1.11 bits per heavy atom. The molecule has 0 aliphatic carbocycles. The van der Waals surface area contributed by atoms with Crippen LogP contribution in [-0.2, 0) is 11.3 Å². The van der Waals surface area contributed by atoms with E-state index in [1.165, 1.54) is 11.3 Å². The zero-order chi connectivity index (χ0) is 20.1. The quantitative estimate of drug-likeness (QED) is 0.809. The van der Waals surface area contributed by atoms with Crippen LogP contribution in [0.1, 0.15) is 17.0 Å². The fourth-order valence-electron chi connectivity index (χ4n) is 3.60. The first-order valence-electron chi connectivity index (χ1n) is 9.78. The average molecular weight is 383 g/mol. The van der Waals surface area contributed by atoms with Crippen molar-refractivity contribution in [1.29, 1.82) is 0 Å². The maximum Gasteiger partial charge on any atom is 0.348 e. The van der Waals surface area contributed by atoms with Crippen LogP contribution in [0.4, 0.5) is 5.69 Å². The fraction of sp³-hybridized carbons (Fsp3) is 0.476. The molecule has 0 unspecified atom stereocenters. The Bertz CT molecular complexity index is 885. The van der Waals surface area contributed by atoms with Crippen molar-refractivity contribution in [3.8, 4) is 0 Å². The summed E-state index contributed by atoms with van der Waals surface area (Å²) in [5.74, 6) is -0.00483. The maximum atomic E-state index is 12.3. The van der Waals surface area contributed by atoms with Crippen LogP contribution >= 0.6 is 0 Å². The second kappa shape index (κ2) is 9.01. The minimum absolute atomic E-state index is 0.00483. The number of carbonyl (C=O) groups is 1. The molecule has 3 rings (SSSR count). The molecule has 1 N–H and O–H groups in total. The van der Waals surface area contributed by atoms with Crippen LogP contribution in [0.2, 0.25) is 0 Å². The van der Waals surface area contributed by atoms with E-state index in [1.807, 2.05) is 13.0 Å². The topological polar surface area (TPSA) is 70.5 Å². The van der Waals surface area contributed by atoms with Gasteiger partial charge in [0.15, 0.2) is 0 Å². The molecule has 2 aromatic rings. The predicted molar refractivity (Wildman–Crippen MR) is 111 cm³/mol. The summed E-state index contributed by atoms with van der Waals surface area (Å²) < 4.78 is 1.59. The van der Waals surface area contributed by atoms with E-state index in [0.717, 1.165) is 31.9 Å². The van der Waals surface area contributed by atoms with E-state index in [2.05, 4.69) is 51.3 Å². The van der Waals surface area contributed by atoms with Gasteiger partial charge in [-0.15, -0.1) is 0 Å². The number of rotatable bonds is 6. The first-order chi connectivity index (χ1) is 13.4. The van der Waals surface area contributed by atoms with Crippen molar-refractivity contribution in [3.05, 3.63) is 57.8 Å². The maximum absolute atomic E-state index is 12.3. The zero-order valence-electron chi connectivity index (χ0n) is 16.9. The molecule has 7 heteroatoms. The number of carbonyl (C=O) groups excluding carboxylic acids is 1. The van der Waals surface area contributed by atoms with Crippen molar-refractivity contribution >= 4 is 11.6 Å². The number of hydrogen-bond donors (Lipinski definition) is 1.